The van der Waals surface area contributed by atoms with E-state index in [1.165, 1.54) is 16.4 Å². The molecule has 88 valence electrons. The Kier molecular flexibility index (Phi) is 2.97. The van der Waals surface area contributed by atoms with Crippen molar-refractivity contribution in [1.29, 1.82) is 0 Å². The van der Waals surface area contributed by atoms with Gasteiger partial charge in [-0.2, -0.15) is 0 Å². The van der Waals surface area contributed by atoms with Crippen LogP contribution in [0.4, 0.5) is 0 Å². The van der Waals surface area contributed by atoms with E-state index in [-0.39, 0.29) is 0 Å². The van der Waals surface area contributed by atoms with Gasteiger partial charge in [-0.05, 0) is 22.9 Å². The van der Waals surface area contributed by atoms with Crippen LogP contribution in [0, 0.1) is 0 Å². The molecule has 4 nitrogen and oxygen atoms in total. The molecule has 0 radical (unpaired) electrons. The zero-order valence-corrected chi connectivity index (χ0v) is 10.3. The number of nitrogens with zero attached hydrogens (tertiary/aromatic N) is 3. The third kappa shape index (κ3) is 2.21. The van der Waals surface area contributed by atoms with Crippen LogP contribution in [0.2, 0.25) is 0 Å². The van der Waals surface area contributed by atoms with Crippen molar-refractivity contribution in [3.63, 3.8) is 0 Å². The summed E-state index contributed by atoms with van der Waals surface area (Å²) in [5.41, 5.74) is 1.59. The fraction of sp³-hybridized carbons (Fsp3) is 0. The highest BCUT2D eigenvalue weighted by atomic mass is 32.1. The average Bonchev–Trinajstić information content (AvgIpc) is 3.08. The van der Waals surface area contributed by atoms with Gasteiger partial charge in [-0.25, -0.2) is 15.0 Å². The van der Waals surface area contributed by atoms with E-state index in [2.05, 4.69) is 55.6 Å². The van der Waals surface area contributed by atoms with E-state index < -0.39 is 0 Å². The zero-order chi connectivity index (χ0) is 12.2. The Morgan fingerprint density at radius 3 is 2.89 bits per heavy atom. The first-order valence-electron chi connectivity index (χ1n) is 5.45. The van der Waals surface area contributed by atoms with Gasteiger partial charge in [-0.15, -0.1) is 11.3 Å². The van der Waals surface area contributed by atoms with Crippen LogP contribution in [-0.4, -0.2) is 19.9 Å². The number of aromatic amines is 1. The Balaban J connectivity index is 0.000000111. The van der Waals surface area contributed by atoms with E-state index in [0.29, 0.717) is 5.65 Å². The topological polar surface area (TPSA) is 54.5 Å². The van der Waals surface area contributed by atoms with Gasteiger partial charge in [-0.3, -0.25) is 0 Å². The summed E-state index contributed by atoms with van der Waals surface area (Å²) in [6.07, 6.45) is 4.76. The minimum Gasteiger partial charge on any atom is -0.342 e. The smallest absolute Gasteiger partial charge is 0.180 e. The molecule has 3 heterocycles. The zero-order valence-electron chi connectivity index (χ0n) is 9.45. The summed E-state index contributed by atoms with van der Waals surface area (Å²) in [6.45, 7) is 0. The van der Waals surface area contributed by atoms with Crippen LogP contribution >= 0.6 is 11.3 Å². The predicted octanol–water partition coefficient (Wildman–Crippen LogP) is 3.25. The number of aromatic nitrogens is 4. The van der Waals surface area contributed by atoms with Crippen LogP contribution in [0.25, 0.3) is 21.3 Å². The summed E-state index contributed by atoms with van der Waals surface area (Å²) < 4.78 is 1.37. The molecular formula is C13H10N4S. The molecule has 1 aromatic carbocycles. The van der Waals surface area contributed by atoms with Gasteiger partial charge >= 0.3 is 0 Å². The third-order valence-corrected chi connectivity index (χ3v) is 3.36. The Morgan fingerprint density at radius 2 is 2.00 bits per heavy atom. The normalized spacial score (nSPS) is 10.2. The summed E-state index contributed by atoms with van der Waals surface area (Å²) in [7, 11) is 0. The molecule has 0 bridgehead atoms. The van der Waals surface area contributed by atoms with Gasteiger partial charge in [0.1, 0.15) is 11.8 Å². The molecule has 0 atom stereocenters. The molecule has 0 aliphatic heterocycles. The summed E-state index contributed by atoms with van der Waals surface area (Å²) >= 11 is 1.79. The number of H-pyrrole nitrogens is 1. The van der Waals surface area contributed by atoms with Crippen LogP contribution < -0.4 is 0 Å². The highest BCUT2D eigenvalue weighted by molar-refractivity contribution is 7.17. The number of thiophene rings is 1. The molecule has 0 saturated heterocycles. The second kappa shape index (κ2) is 4.93. The van der Waals surface area contributed by atoms with Crippen molar-refractivity contribution in [3.05, 3.63) is 54.6 Å². The monoisotopic (exact) mass is 254 g/mol. The SMILES string of the molecule is c1ccc2sccc2c1.c1ncc2[nH]cnc2n1. The second-order valence-electron chi connectivity index (χ2n) is 3.62. The standard InChI is InChI=1S/C8H6S.C5H4N4/c1-2-4-8-7(3-1)5-6-9-8;1-4-5(8-2-6-1)9-3-7-4/h1-6H;1-3H,(H,6,7,8,9). The van der Waals surface area contributed by atoms with Gasteiger partial charge in [0.05, 0.1) is 12.5 Å². The number of rotatable bonds is 0. The first-order chi connectivity index (χ1) is 8.93. The van der Waals surface area contributed by atoms with E-state index >= 15 is 0 Å². The van der Waals surface area contributed by atoms with Gasteiger partial charge in [0, 0.05) is 4.70 Å². The minimum atomic E-state index is 0.713. The predicted molar refractivity (Wildman–Crippen MR) is 73.5 cm³/mol. The molecule has 0 aliphatic rings. The molecular weight excluding hydrogens is 244 g/mol. The van der Waals surface area contributed by atoms with Crippen molar-refractivity contribution in [3.8, 4) is 0 Å². The maximum atomic E-state index is 3.91. The number of hydrogen-bond donors (Lipinski definition) is 1. The van der Waals surface area contributed by atoms with Gasteiger partial charge in [0.2, 0.25) is 0 Å². The van der Waals surface area contributed by atoms with Crippen molar-refractivity contribution in [2.75, 3.05) is 0 Å². The lowest BCUT2D eigenvalue weighted by Gasteiger charge is -1.82. The Hall–Kier alpha value is -2.27. The van der Waals surface area contributed by atoms with Crippen molar-refractivity contribution < 1.29 is 0 Å². The molecule has 4 aromatic rings. The first kappa shape index (κ1) is 10.9. The number of fused-ring (bicyclic) bond motifs is 2. The molecule has 0 saturated carbocycles. The van der Waals surface area contributed by atoms with Gasteiger partial charge < -0.3 is 4.98 Å². The molecule has 4 rings (SSSR count). The summed E-state index contributed by atoms with van der Waals surface area (Å²) in [5.74, 6) is 0. The molecule has 1 N–H and O–H groups in total. The number of imidazole rings is 1. The first-order valence-corrected chi connectivity index (χ1v) is 6.33. The van der Waals surface area contributed by atoms with Crippen LogP contribution in [0.15, 0.2) is 54.6 Å². The maximum Gasteiger partial charge on any atom is 0.180 e. The molecule has 18 heavy (non-hydrogen) atoms. The Morgan fingerprint density at radius 1 is 1.06 bits per heavy atom. The molecule has 0 fully saturated rings. The second-order valence-corrected chi connectivity index (χ2v) is 4.57. The molecule has 0 amide bonds. The van der Waals surface area contributed by atoms with E-state index in [0.717, 1.165) is 5.52 Å². The van der Waals surface area contributed by atoms with Crippen LogP contribution in [-0.2, 0) is 0 Å². The van der Waals surface area contributed by atoms with Gasteiger partial charge in [0.15, 0.2) is 5.65 Å². The summed E-state index contributed by atoms with van der Waals surface area (Å²) in [6, 6.07) is 10.5. The molecule has 0 unspecified atom stereocenters. The lowest BCUT2D eigenvalue weighted by Crippen LogP contribution is -1.76. The lowest BCUT2D eigenvalue weighted by atomic mass is 10.3. The fourth-order valence-electron chi connectivity index (χ4n) is 1.60. The summed E-state index contributed by atoms with van der Waals surface area (Å²) in [4.78, 5) is 14.5. The molecule has 0 aliphatic carbocycles. The minimum absolute atomic E-state index is 0.713. The van der Waals surface area contributed by atoms with Gasteiger partial charge in [-0.1, -0.05) is 18.2 Å². The maximum absolute atomic E-state index is 3.91. The molecule has 3 aromatic heterocycles. The van der Waals surface area contributed by atoms with E-state index in [4.69, 9.17) is 0 Å². The van der Waals surface area contributed by atoms with E-state index in [9.17, 15) is 0 Å². The van der Waals surface area contributed by atoms with Gasteiger partial charge in [0.25, 0.3) is 0 Å². The van der Waals surface area contributed by atoms with Crippen LogP contribution in [0.5, 0.6) is 0 Å². The van der Waals surface area contributed by atoms with Crippen molar-refractivity contribution >= 4 is 32.6 Å². The largest absolute Gasteiger partial charge is 0.342 e. The number of nitrogens with one attached hydrogen (secondary N) is 1. The third-order valence-electron chi connectivity index (χ3n) is 2.46. The lowest BCUT2D eigenvalue weighted by molar-refractivity contribution is 1.20. The Bertz CT molecular complexity index is 633. The van der Waals surface area contributed by atoms with E-state index in [1.54, 1.807) is 23.9 Å². The summed E-state index contributed by atoms with van der Waals surface area (Å²) in [5, 5.41) is 3.47. The Labute approximate surface area is 107 Å². The molecule has 0 spiro atoms. The average molecular weight is 254 g/mol. The van der Waals surface area contributed by atoms with Crippen LogP contribution in [0.1, 0.15) is 0 Å². The highest BCUT2D eigenvalue weighted by Gasteiger charge is 1.91. The van der Waals surface area contributed by atoms with Crippen LogP contribution in [0.3, 0.4) is 0 Å². The molecule has 5 heteroatoms. The van der Waals surface area contributed by atoms with Crippen molar-refractivity contribution in [2.45, 2.75) is 0 Å². The highest BCUT2D eigenvalue weighted by Crippen LogP contribution is 2.18. The quantitative estimate of drug-likeness (QED) is 0.524. The van der Waals surface area contributed by atoms with Crippen molar-refractivity contribution in [1.82, 2.24) is 19.9 Å². The van der Waals surface area contributed by atoms with E-state index in [1.807, 2.05) is 0 Å². The fourth-order valence-corrected chi connectivity index (χ4v) is 2.39. The number of benzene rings is 1. The van der Waals surface area contributed by atoms with Crippen molar-refractivity contribution in [2.24, 2.45) is 0 Å². The number of hydrogen-bond acceptors (Lipinski definition) is 4.